The van der Waals surface area contributed by atoms with Gasteiger partial charge in [0, 0.05) is 0 Å². The Bertz CT molecular complexity index is 904. The molecule has 2 aromatic rings. The molecule has 3 aliphatic rings. The Balaban J connectivity index is 1.49. The average molecular weight is 360 g/mol. The Morgan fingerprint density at radius 1 is 0.963 bits per heavy atom. The van der Waals surface area contributed by atoms with E-state index in [9.17, 15) is 4.79 Å². The van der Waals surface area contributed by atoms with E-state index in [-0.39, 0.29) is 11.6 Å². The van der Waals surface area contributed by atoms with Crippen LogP contribution in [0.1, 0.15) is 73.7 Å². The van der Waals surface area contributed by atoms with E-state index in [2.05, 4.69) is 43.3 Å². The number of allylic oxidation sites excluding steroid dienone is 2. The van der Waals surface area contributed by atoms with Gasteiger partial charge in [0.05, 0.1) is 5.56 Å². The van der Waals surface area contributed by atoms with Crippen molar-refractivity contribution in [3.63, 3.8) is 0 Å². The molecule has 2 heteroatoms. The highest BCUT2D eigenvalue weighted by molar-refractivity contribution is 6.05. The fourth-order valence-electron chi connectivity index (χ4n) is 5.65. The monoisotopic (exact) mass is 360 g/mol. The number of carbonyl (C=O) groups excluding carboxylic acids is 1. The minimum Gasteiger partial charge on any atom is -0.456 e. The second kappa shape index (κ2) is 6.51. The minimum atomic E-state index is -0.301. The van der Waals surface area contributed by atoms with Crippen LogP contribution in [0, 0.1) is 11.8 Å². The lowest BCUT2D eigenvalue weighted by molar-refractivity contribution is -0.0267. The van der Waals surface area contributed by atoms with Gasteiger partial charge in [-0.1, -0.05) is 48.9 Å². The first-order valence-electron chi connectivity index (χ1n) is 10.6. The van der Waals surface area contributed by atoms with Crippen LogP contribution in [-0.2, 0) is 4.74 Å². The van der Waals surface area contributed by atoms with Crippen LogP contribution in [0.4, 0.5) is 0 Å². The van der Waals surface area contributed by atoms with Crippen LogP contribution in [0.5, 0.6) is 0 Å². The second-order valence-electron chi connectivity index (χ2n) is 9.03. The molecule has 0 amide bonds. The fourth-order valence-corrected chi connectivity index (χ4v) is 5.65. The fraction of sp³-hybridized carbons (Fsp3) is 0.480. The van der Waals surface area contributed by atoms with Crippen LogP contribution in [0.3, 0.4) is 0 Å². The van der Waals surface area contributed by atoms with Crippen molar-refractivity contribution in [2.24, 2.45) is 11.8 Å². The maximum Gasteiger partial charge on any atom is 0.339 e. The number of rotatable bonds is 3. The standard InChI is InChI=1S/C25H28O2/c1-25(13-3-2-4-14-25)27-24(26)22-10-6-7-19-20(22)8-5-9-21(19)23-16-17-11-12-18(23)15-17/h5-12,17-18,23H,2-4,13-16H2,1H3. The van der Waals surface area contributed by atoms with Crippen molar-refractivity contribution in [3.05, 3.63) is 59.7 Å². The summed E-state index contributed by atoms with van der Waals surface area (Å²) in [5.41, 5.74) is 1.83. The molecule has 2 saturated carbocycles. The number of hydrogen-bond acceptors (Lipinski definition) is 2. The zero-order valence-corrected chi connectivity index (χ0v) is 16.1. The van der Waals surface area contributed by atoms with Gasteiger partial charge in [-0.05, 0) is 85.6 Å². The van der Waals surface area contributed by atoms with E-state index in [4.69, 9.17) is 4.74 Å². The predicted molar refractivity (Wildman–Crippen MR) is 109 cm³/mol. The van der Waals surface area contributed by atoms with Gasteiger partial charge in [0.1, 0.15) is 5.60 Å². The number of fused-ring (bicyclic) bond motifs is 3. The molecule has 0 spiro atoms. The molecule has 3 aliphatic carbocycles. The third kappa shape index (κ3) is 2.99. The zero-order chi connectivity index (χ0) is 18.4. The molecular weight excluding hydrogens is 332 g/mol. The van der Waals surface area contributed by atoms with Crippen LogP contribution < -0.4 is 0 Å². The molecule has 0 heterocycles. The maximum absolute atomic E-state index is 13.1. The van der Waals surface area contributed by atoms with Crippen molar-refractivity contribution >= 4 is 16.7 Å². The molecule has 0 N–H and O–H groups in total. The van der Waals surface area contributed by atoms with Gasteiger partial charge in [-0.3, -0.25) is 0 Å². The van der Waals surface area contributed by atoms with Gasteiger partial charge < -0.3 is 4.74 Å². The molecule has 0 aliphatic heterocycles. The quantitative estimate of drug-likeness (QED) is 0.468. The summed E-state index contributed by atoms with van der Waals surface area (Å²) in [6, 6.07) is 12.6. The highest BCUT2D eigenvalue weighted by atomic mass is 16.6. The van der Waals surface area contributed by atoms with E-state index in [1.54, 1.807) is 0 Å². The van der Waals surface area contributed by atoms with Crippen molar-refractivity contribution in [1.82, 2.24) is 0 Å². The molecule has 140 valence electrons. The van der Waals surface area contributed by atoms with E-state index < -0.39 is 0 Å². The molecule has 2 bridgehead atoms. The van der Waals surface area contributed by atoms with Crippen LogP contribution in [0.25, 0.3) is 10.8 Å². The van der Waals surface area contributed by atoms with Crippen molar-refractivity contribution in [1.29, 1.82) is 0 Å². The summed E-state index contributed by atoms with van der Waals surface area (Å²) >= 11 is 0. The van der Waals surface area contributed by atoms with Crippen LogP contribution >= 0.6 is 0 Å². The topological polar surface area (TPSA) is 26.3 Å². The van der Waals surface area contributed by atoms with Crippen LogP contribution in [-0.4, -0.2) is 11.6 Å². The number of carbonyl (C=O) groups is 1. The molecule has 0 saturated heterocycles. The lowest BCUT2D eigenvalue weighted by Crippen LogP contribution is -2.34. The molecule has 2 fully saturated rings. The zero-order valence-electron chi connectivity index (χ0n) is 16.1. The Kier molecular flexibility index (Phi) is 4.11. The third-order valence-corrected chi connectivity index (χ3v) is 7.10. The summed E-state index contributed by atoms with van der Waals surface area (Å²) in [4.78, 5) is 13.1. The summed E-state index contributed by atoms with van der Waals surface area (Å²) < 4.78 is 6.04. The number of hydrogen-bond donors (Lipinski definition) is 0. The predicted octanol–water partition coefficient (Wildman–Crippen LogP) is 6.40. The van der Waals surface area contributed by atoms with E-state index in [1.165, 1.54) is 30.2 Å². The summed E-state index contributed by atoms with van der Waals surface area (Å²) in [6.07, 6.45) is 12.8. The van der Waals surface area contributed by atoms with Crippen molar-refractivity contribution in [3.8, 4) is 0 Å². The molecule has 0 aromatic heterocycles. The summed E-state index contributed by atoms with van der Waals surface area (Å²) in [5, 5.41) is 2.28. The van der Waals surface area contributed by atoms with E-state index in [0.29, 0.717) is 11.8 Å². The van der Waals surface area contributed by atoms with Gasteiger partial charge in [0.25, 0.3) is 0 Å². The van der Waals surface area contributed by atoms with Gasteiger partial charge in [-0.25, -0.2) is 4.79 Å². The largest absolute Gasteiger partial charge is 0.456 e. The molecule has 2 nitrogen and oxygen atoms in total. The molecule has 27 heavy (non-hydrogen) atoms. The first kappa shape index (κ1) is 17.0. The normalized spacial score (nSPS) is 28.6. The first-order chi connectivity index (χ1) is 13.1. The average Bonchev–Trinajstić information content (AvgIpc) is 3.30. The SMILES string of the molecule is CC1(OC(=O)c2cccc3c(C4CC5C=CC4C5)cccc23)CCCCC1. The second-order valence-corrected chi connectivity index (χ2v) is 9.03. The van der Waals surface area contributed by atoms with Crippen LogP contribution in [0.15, 0.2) is 48.6 Å². The number of ether oxygens (including phenoxy) is 1. The van der Waals surface area contributed by atoms with Crippen molar-refractivity contribution < 1.29 is 9.53 Å². The third-order valence-electron chi connectivity index (χ3n) is 7.10. The summed E-state index contributed by atoms with van der Waals surface area (Å²) in [7, 11) is 0. The smallest absolute Gasteiger partial charge is 0.339 e. The highest BCUT2D eigenvalue weighted by Crippen LogP contribution is 2.50. The van der Waals surface area contributed by atoms with Gasteiger partial charge in [-0.2, -0.15) is 0 Å². The summed E-state index contributed by atoms with van der Waals surface area (Å²) in [5.74, 6) is 1.84. The Morgan fingerprint density at radius 2 is 1.74 bits per heavy atom. The van der Waals surface area contributed by atoms with Gasteiger partial charge in [0.15, 0.2) is 0 Å². The molecule has 0 radical (unpaired) electrons. The van der Waals surface area contributed by atoms with Crippen LogP contribution in [0.2, 0.25) is 0 Å². The lowest BCUT2D eigenvalue weighted by atomic mass is 9.83. The Labute approximate surface area is 161 Å². The molecule has 3 unspecified atom stereocenters. The van der Waals surface area contributed by atoms with E-state index >= 15 is 0 Å². The number of esters is 1. The number of benzene rings is 2. The maximum atomic E-state index is 13.1. The highest BCUT2D eigenvalue weighted by Gasteiger charge is 2.37. The minimum absolute atomic E-state index is 0.157. The molecule has 3 atom stereocenters. The van der Waals surface area contributed by atoms with Gasteiger partial charge in [-0.15, -0.1) is 0 Å². The van der Waals surface area contributed by atoms with Gasteiger partial charge >= 0.3 is 5.97 Å². The lowest BCUT2D eigenvalue weighted by Gasteiger charge is -2.33. The molecule has 5 rings (SSSR count). The Morgan fingerprint density at radius 3 is 2.48 bits per heavy atom. The first-order valence-corrected chi connectivity index (χ1v) is 10.6. The van der Waals surface area contributed by atoms with Gasteiger partial charge in [0.2, 0.25) is 0 Å². The summed E-state index contributed by atoms with van der Waals surface area (Å²) in [6.45, 7) is 2.10. The van der Waals surface area contributed by atoms with Crippen molar-refractivity contribution in [2.75, 3.05) is 0 Å². The van der Waals surface area contributed by atoms with Crippen molar-refractivity contribution in [2.45, 2.75) is 63.4 Å². The van der Waals surface area contributed by atoms with E-state index in [1.807, 2.05) is 12.1 Å². The Hall–Kier alpha value is -2.09. The van der Waals surface area contributed by atoms with E-state index in [0.717, 1.165) is 42.6 Å². The molecular formula is C25H28O2. The molecule has 2 aromatic carbocycles.